The Bertz CT molecular complexity index is 671. The van der Waals surface area contributed by atoms with Gasteiger partial charge in [0.25, 0.3) is 0 Å². The number of para-hydroxylation sites is 2. The lowest BCUT2D eigenvalue weighted by Gasteiger charge is -2.25. The highest BCUT2D eigenvalue weighted by Gasteiger charge is 2.39. The second-order valence-corrected chi connectivity index (χ2v) is 6.41. The molecule has 1 aliphatic rings. The summed E-state index contributed by atoms with van der Waals surface area (Å²) in [4.78, 5) is 38.2. The van der Waals surface area contributed by atoms with Crippen LogP contribution in [0.5, 0.6) is 5.75 Å². The number of anilines is 1. The number of rotatable bonds is 6. The highest BCUT2D eigenvalue weighted by atomic mass is 16.5. The second kappa shape index (κ2) is 7.55. The Morgan fingerprint density at radius 3 is 2.64 bits per heavy atom. The Hall–Kier alpha value is -2.57. The van der Waals surface area contributed by atoms with E-state index in [1.807, 2.05) is 19.1 Å². The fraction of sp³-hybridized carbons (Fsp3) is 0.500. The van der Waals surface area contributed by atoms with E-state index in [0.29, 0.717) is 18.0 Å². The van der Waals surface area contributed by atoms with Crippen LogP contribution in [-0.2, 0) is 19.1 Å². The molecule has 25 heavy (non-hydrogen) atoms. The van der Waals surface area contributed by atoms with Crippen LogP contribution in [0.1, 0.15) is 27.2 Å². The van der Waals surface area contributed by atoms with Gasteiger partial charge in [0, 0.05) is 13.0 Å². The van der Waals surface area contributed by atoms with Crippen molar-refractivity contribution in [1.82, 2.24) is 5.32 Å². The Morgan fingerprint density at radius 1 is 1.32 bits per heavy atom. The summed E-state index contributed by atoms with van der Waals surface area (Å²) < 4.78 is 10.2. The van der Waals surface area contributed by atoms with Crippen molar-refractivity contribution in [3.8, 4) is 5.75 Å². The van der Waals surface area contributed by atoms with Crippen LogP contribution in [0.4, 0.5) is 5.69 Å². The molecule has 7 nitrogen and oxygen atoms in total. The first-order chi connectivity index (χ1) is 11.8. The van der Waals surface area contributed by atoms with E-state index >= 15 is 0 Å². The Morgan fingerprint density at radius 2 is 2.00 bits per heavy atom. The molecule has 1 N–H and O–H groups in total. The number of ether oxygens (including phenoxy) is 2. The minimum absolute atomic E-state index is 0.0869. The number of benzene rings is 1. The van der Waals surface area contributed by atoms with Gasteiger partial charge in [-0.15, -0.1) is 0 Å². The van der Waals surface area contributed by atoms with Crippen molar-refractivity contribution in [1.29, 1.82) is 0 Å². The molecule has 1 saturated heterocycles. The zero-order valence-electron chi connectivity index (χ0n) is 15.0. The van der Waals surface area contributed by atoms with Gasteiger partial charge >= 0.3 is 5.97 Å². The van der Waals surface area contributed by atoms with E-state index in [0.717, 1.165) is 0 Å². The van der Waals surface area contributed by atoms with Crippen LogP contribution in [0, 0.1) is 5.92 Å². The number of hydrogen-bond acceptors (Lipinski definition) is 5. The molecule has 0 saturated carbocycles. The Kier molecular flexibility index (Phi) is 5.66. The Balaban J connectivity index is 2.12. The summed E-state index contributed by atoms with van der Waals surface area (Å²) in [5.41, 5.74) is -0.497. The highest BCUT2D eigenvalue weighted by molar-refractivity contribution is 6.02. The minimum Gasteiger partial charge on any atom is -0.492 e. The predicted molar refractivity (Wildman–Crippen MR) is 92.3 cm³/mol. The molecule has 1 aromatic carbocycles. The second-order valence-electron chi connectivity index (χ2n) is 6.41. The number of esters is 1. The average Bonchev–Trinajstić information content (AvgIpc) is 2.96. The molecule has 0 aromatic heterocycles. The smallest absolute Gasteiger partial charge is 0.330 e. The SMILES string of the molecule is CCOc1ccccc1N1CC(C(=O)NC(C)(C)C(=O)OC)CC1=O. The number of carbonyl (C=O) groups is 3. The van der Waals surface area contributed by atoms with Gasteiger partial charge in [-0.3, -0.25) is 9.59 Å². The third-order valence-corrected chi connectivity index (χ3v) is 4.08. The van der Waals surface area contributed by atoms with Gasteiger partial charge in [0.05, 0.1) is 25.3 Å². The Labute approximate surface area is 147 Å². The molecule has 7 heteroatoms. The molecule has 1 heterocycles. The molecule has 2 amide bonds. The van der Waals surface area contributed by atoms with E-state index in [1.54, 1.807) is 30.9 Å². The fourth-order valence-corrected chi connectivity index (χ4v) is 2.79. The number of amides is 2. The first kappa shape index (κ1) is 18.8. The van der Waals surface area contributed by atoms with Crippen LogP contribution in [0.2, 0.25) is 0 Å². The first-order valence-corrected chi connectivity index (χ1v) is 8.22. The van der Waals surface area contributed by atoms with Gasteiger partial charge in [-0.2, -0.15) is 0 Å². The normalized spacial score (nSPS) is 17.4. The molecular formula is C18H24N2O5. The lowest BCUT2D eigenvalue weighted by Crippen LogP contribution is -2.52. The summed E-state index contributed by atoms with van der Waals surface area (Å²) in [5, 5.41) is 2.66. The number of methoxy groups -OCH3 is 1. The van der Waals surface area contributed by atoms with Crippen molar-refractivity contribution in [3.63, 3.8) is 0 Å². The van der Waals surface area contributed by atoms with Gasteiger partial charge in [-0.05, 0) is 32.9 Å². The van der Waals surface area contributed by atoms with Crippen molar-refractivity contribution < 1.29 is 23.9 Å². The minimum atomic E-state index is -1.15. The topological polar surface area (TPSA) is 84.9 Å². The zero-order valence-corrected chi connectivity index (χ0v) is 15.0. The van der Waals surface area contributed by atoms with E-state index in [1.165, 1.54) is 7.11 Å². The van der Waals surface area contributed by atoms with E-state index in [9.17, 15) is 14.4 Å². The summed E-state index contributed by atoms with van der Waals surface area (Å²) in [6.07, 6.45) is 0.0869. The van der Waals surface area contributed by atoms with E-state index in [2.05, 4.69) is 10.1 Å². The summed E-state index contributed by atoms with van der Waals surface area (Å²) in [7, 11) is 1.27. The van der Waals surface area contributed by atoms with Crippen LogP contribution in [0.25, 0.3) is 0 Å². The van der Waals surface area contributed by atoms with Crippen molar-refractivity contribution in [3.05, 3.63) is 24.3 Å². The van der Waals surface area contributed by atoms with Crippen LogP contribution in [-0.4, -0.2) is 43.6 Å². The summed E-state index contributed by atoms with van der Waals surface area (Å²) in [6, 6.07) is 7.23. The lowest BCUT2D eigenvalue weighted by atomic mass is 10.0. The maximum Gasteiger partial charge on any atom is 0.330 e. The first-order valence-electron chi connectivity index (χ1n) is 8.22. The number of nitrogens with one attached hydrogen (secondary N) is 1. The molecule has 1 unspecified atom stereocenters. The van der Waals surface area contributed by atoms with Gasteiger partial charge in [0.1, 0.15) is 11.3 Å². The monoisotopic (exact) mass is 348 g/mol. The molecule has 2 rings (SSSR count). The molecule has 1 fully saturated rings. The number of nitrogens with zero attached hydrogens (tertiary/aromatic N) is 1. The number of carbonyl (C=O) groups excluding carboxylic acids is 3. The summed E-state index contributed by atoms with van der Waals surface area (Å²) in [6.45, 7) is 5.72. The molecule has 0 bridgehead atoms. The summed E-state index contributed by atoms with van der Waals surface area (Å²) in [5.74, 6) is -0.965. The molecule has 136 valence electrons. The predicted octanol–water partition coefficient (Wildman–Crippen LogP) is 1.51. The third-order valence-electron chi connectivity index (χ3n) is 4.08. The third kappa shape index (κ3) is 4.10. The van der Waals surface area contributed by atoms with E-state index in [-0.39, 0.29) is 24.8 Å². The van der Waals surface area contributed by atoms with Crippen LogP contribution in [0.15, 0.2) is 24.3 Å². The fourth-order valence-electron chi connectivity index (χ4n) is 2.79. The van der Waals surface area contributed by atoms with Crippen LogP contribution >= 0.6 is 0 Å². The lowest BCUT2D eigenvalue weighted by molar-refractivity contribution is -0.149. The largest absolute Gasteiger partial charge is 0.492 e. The maximum atomic E-state index is 12.5. The molecule has 1 atom stereocenters. The zero-order chi connectivity index (χ0) is 18.6. The van der Waals surface area contributed by atoms with Crippen molar-refractivity contribution >= 4 is 23.5 Å². The molecule has 0 spiro atoms. The van der Waals surface area contributed by atoms with Crippen molar-refractivity contribution in [2.75, 3.05) is 25.2 Å². The summed E-state index contributed by atoms with van der Waals surface area (Å²) >= 11 is 0. The molecule has 0 aliphatic carbocycles. The quantitative estimate of drug-likeness (QED) is 0.788. The van der Waals surface area contributed by atoms with Gasteiger partial charge in [-0.1, -0.05) is 12.1 Å². The van der Waals surface area contributed by atoms with Gasteiger partial charge in [0.15, 0.2) is 0 Å². The maximum absolute atomic E-state index is 12.5. The van der Waals surface area contributed by atoms with Crippen molar-refractivity contribution in [2.24, 2.45) is 5.92 Å². The van der Waals surface area contributed by atoms with Crippen LogP contribution in [0.3, 0.4) is 0 Å². The average molecular weight is 348 g/mol. The van der Waals surface area contributed by atoms with Crippen molar-refractivity contribution in [2.45, 2.75) is 32.7 Å². The van der Waals surface area contributed by atoms with Gasteiger partial charge in [-0.25, -0.2) is 4.79 Å². The standard InChI is InChI=1S/C18H24N2O5/c1-5-25-14-9-7-6-8-13(14)20-11-12(10-15(20)21)16(22)19-18(2,3)17(23)24-4/h6-9,12H,5,10-11H2,1-4H3,(H,19,22). The van der Waals surface area contributed by atoms with Crippen LogP contribution < -0.4 is 15.0 Å². The molecule has 1 aliphatic heterocycles. The molecule has 1 aromatic rings. The molecular weight excluding hydrogens is 324 g/mol. The highest BCUT2D eigenvalue weighted by Crippen LogP contribution is 2.33. The van der Waals surface area contributed by atoms with Gasteiger partial charge in [0.2, 0.25) is 11.8 Å². The number of hydrogen-bond donors (Lipinski definition) is 1. The van der Waals surface area contributed by atoms with E-state index in [4.69, 9.17) is 4.74 Å². The van der Waals surface area contributed by atoms with Gasteiger partial charge < -0.3 is 19.7 Å². The van der Waals surface area contributed by atoms with E-state index < -0.39 is 17.4 Å². The molecule has 0 radical (unpaired) electrons.